The predicted molar refractivity (Wildman–Crippen MR) is 58.4 cm³/mol. The minimum atomic E-state index is 0.660. The molecule has 0 aliphatic heterocycles. The summed E-state index contributed by atoms with van der Waals surface area (Å²) in [4.78, 5) is 0. The van der Waals surface area contributed by atoms with Crippen molar-refractivity contribution in [2.24, 2.45) is 10.9 Å². The van der Waals surface area contributed by atoms with Gasteiger partial charge in [-0.05, 0) is 24.3 Å². The fourth-order valence-corrected chi connectivity index (χ4v) is 1.09. The maximum atomic E-state index is 5.58. The Labute approximate surface area is 83.4 Å². The van der Waals surface area contributed by atoms with Crippen LogP contribution in [0.3, 0.4) is 0 Å². The maximum Gasteiger partial charge on any atom is 0.169 e. The third-order valence-electron chi connectivity index (χ3n) is 1.94. The molecule has 5 N–H and O–H groups in total. The molecular formula is C9H15N5. The van der Waals surface area contributed by atoms with Crippen molar-refractivity contribution in [3.8, 4) is 0 Å². The van der Waals surface area contributed by atoms with Gasteiger partial charge in [0.2, 0.25) is 0 Å². The Hall–Kier alpha value is -1.75. The Kier molecular flexibility index (Phi) is 3.30. The van der Waals surface area contributed by atoms with E-state index in [2.05, 4.69) is 10.5 Å². The lowest BCUT2D eigenvalue weighted by atomic mass is 10.2. The van der Waals surface area contributed by atoms with Crippen LogP contribution in [-0.2, 0) is 0 Å². The molecule has 0 aliphatic rings. The number of hydrogen-bond donors (Lipinski definition) is 3. The highest BCUT2D eigenvalue weighted by Crippen LogP contribution is 2.07. The molecule has 0 unspecified atom stereocenters. The topological polar surface area (TPSA) is 79.7 Å². The van der Waals surface area contributed by atoms with Crippen LogP contribution in [0.2, 0.25) is 0 Å². The smallest absolute Gasteiger partial charge is 0.169 e. The first-order valence-corrected chi connectivity index (χ1v) is 4.24. The minimum absolute atomic E-state index is 0.660. The van der Waals surface area contributed by atoms with E-state index < -0.39 is 0 Å². The van der Waals surface area contributed by atoms with Crippen LogP contribution in [0.1, 0.15) is 5.56 Å². The van der Waals surface area contributed by atoms with Crippen molar-refractivity contribution < 1.29 is 0 Å². The van der Waals surface area contributed by atoms with Gasteiger partial charge in [0, 0.05) is 25.3 Å². The van der Waals surface area contributed by atoms with E-state index in [0.717, 1.165) is 11.3 Å². The van der Waals surface area contributed by atoms with E-state index in [4.69, 9.17) is 11.6 Å². The molecule has 0 saturated carbocycles. The summed E-state index contributed by atoms with van der Waals surface area (Å²) >= 11 is 0. The van der Waals surface area contributed by atoms with Crippen molar-refractivity contribution in [2.45, 2.75) is 0 Å². The van der Waals surface area contributed by atoms with E-state index in [1.807, 2.05) is 31.3 Å². The third-order valence-corrected chi connectivity index (χ3v) is 1.94. The van der Waals surface area contributed by atoms with Crippen molar-refractivity contribution in [1.82, 2.24) is 10.4 Å². The SMILES string of the molecule is CNN(C)/C(=N/N)c1ccc(N)cc1. The zero-order valence-corrected chi connectivity index (χ0v) is 8.36. The number of rotatable bonds is 2. The second kappa shape index (κ2) is 4.48. The molecule has 0 aromatic heterocycles. The number of nitrogen functional groups attached to an aromatic ring is 1. The summed E-state index contributed by atoms with van der Waals surface area (Å²) in [6.45, 7) is 0. The molecule has 0 spiro atoms. The highest BCUT2D eigenvalue weighted by molar-refractivity contribution is 5.98. The van der Waals surface area contributed by atoms with Crippen molar-refractivity contribution in [2.75, 3.05) is 19.8 Å². The largest absolute Gasteiger partial charge is 0.399 e. The summed E-state index contributed by atoms with van der Waals surface area (Å²) in [6.07, 6.45) is 0. The Morgan fingerprint density at radius 2 is 1.93 bits per heavy atom. The number of nitrogens with two attached hydrogens (primary N) is 2. The molecule has 1 aromatic rings. The summed E-state index contributed by atoms with van der Waals surface area (Å²) in [5.41, 5.74) is 10.1. The molecule has 76 valence electrons. The van der Waals surface area contributed by atoms with E-state index in [1.165, 1.54) is 0 Å². The van der Waals surface area contributed by atoms with E-state index >= 15 is 0 Å². The van der Waals surface area contributed by atoms with Crippen LogP contribution in [0.5, 0.6) is 0 Å². The number of hydrogen-bond acceptors (Lipinski definition) is 4. The third kappa shape index (κ3) is 2.14. The molecule has 0 amide bonds. The Bertz CT molecular complexity index is 316. The number of hydrazine groups is 1. The summed E-state index contributed by atoms with van der Waals surface area (Å²) in [6, 6.07) is 7.36. The number of hydrazone groups is 1. The molecule has 0 bridgehead atoms. The summed E-state index contributed by atoms with van der Waals surface area (Å²) in [5.74, 6) is 5.95. The molecule has 1 aromatic carbocycles. The van der Waals surface area contributed by atoms with Gasteiger partial charge in [-0.2, -0.15) is 5.10 Å². The number of amidine groups is 1. The Morgan fingerprint density at radius 3 is 2.36 bits per heavy atom. The lowest BCUT2D eigenvalue weighted by Crippen LogP contribution is -2.38. The molecule has 5 heteroatoms. The molecule has 0 radical (unpaired) electrons. The highest BCUT2D eigenvalue weighted by Gasteiger charge is 2.06. The number of benzene rings is 1. The molecule has 0 heterocycles. The van der Waals surface area contributed by atoms with E-state index in [9.17, 15) is 0 Å². The van der Waals surface area contributed by atoms with E-state index in [0.29, 0.717) is 5.84 Å². The van der Waals surface area contributed by atoms with E-state index in [1.54, 1.807) is 12.1 Å². The number of anilines is 1. The lowest BCUT2D eigenvalue weighted by molar-refractivity contribution is 0.409. The molecule has 0 atom stereocenters. The molecule has 5 nitrogen and oxygen atoms in total. The van der Waals surface area contributed by atoms with Crippen LogP contribution >= 0.6 is 0 Å². The Morgan fingerprint density at radius 1 is 1.36 bits per heavy atom. The standard InChI is InChI=1S/C9H15N5/c1-12-14(2)9(13-11)7-3-5-8(10)6-4-7/h3-6,12H,10-11H2,1-2H3/b13-9+. The van der Waals surface area contributed by atoms with Gasteiger partial charge in [-0.25, -0.2) is 5.43 Å². The van der Waals surface area contributed by atoms with Crippen molar-refractivity contribution in [3.63, 3.8) is 0 Å². The Balaban J connectivity index is 2.96. The van der Waals surface area contributed by atoms with Crippen molar-refractivity contribution >= 4 is 11.5 Å². The van der Waals surface area contributed by atoms with Gasteiger partial charge in [-0.1, -0.05) is 0 Å². The van der Waals surface area contributed by atoms with Gasteiger partial charge in [-0.3, -0.25) is 5.01 Å². The first kappa shape index (κ1) is 10.3. The molecule has 0 saturated heterocycles. The van der Waals surface area contributed by atoms with Crippen LogP contribution in [0.4, 0.5) is 5.69 Å². The van der Waals surface area contributed by atoms with Gasteiger partial charge in [0.1, 0.15) is 0 Å². The van der Waals surface area contributed by atoms with Gasteiger partial charge in [0.25, 0.3) is 0 Å². The zero-order valence-electron chi connectivity index (χ0n) is 8.36. The number of nitrogens with zero attached hydrogens (tertiary/aromatic N) is 2. The first-order valence-electron chi connectivity index (χ1n) is 4.24. The minimum Gasteiger partial charge on any atom is -0.399 e. The summed E-state index contributed by atoms with van der Waals surface area (Å²) in [5, 5.41) is 5.43. The first-order chi connectivity index (χ1) is 6.69. The van der Waals surface area contributed by atoms with Gasteiger partial charge >= 0.3 is 0 Å². The van der Waals surface area contributed by atoms with Crippen LogP contribution in [0.25, 0.3) is 0 Å². The van der Waals surface area contributed by atoms with E-state index in [-0.39, 0.29) is 0 Å². The average Bonchev–Trinajstić information content (AvgIpc) is 2.21. The van der Waals surface area contributed by atoms with Crippen molar-refractivity contribution in [1.29, 1.82) is 0 Å². The van der Waals surface area contributed by atoms with Gasteiger partial charge in [0.15, 0.2) is 5.84 Å². The fraction of sp³-hybridized carbons (Fsp3) is 0.222. The van der Waals surface area contributed by atoms with Gasteiger partial charge in [-0.15, -0.1) is 0 Å². The summed E-state index contributed by atoms with van der Waals surface area (Å²) in [7, 11) is 3.63. The van der Waals surface area contributed by atoms with Crippen LogP contribution in [0, 0.1) is 0 Å². The zero-order chi connectivity index (χ0) is 10.6. The van der Waals surface area contributed by atoms with Crippen molar-refractivity contribution in [3.05, 3.63) is 29.8 Å². The molecule has 14 heavy (non-hydrogen) atoms. The quantitative estimate of drug-likeness (QED) is 0.202. The average molecular weight is 193 g/mol. The maximum absolute atomic E-state index is 5.58. The normalized spacial score (nSPS) is 11.4. The highest BCUT2D eigenvalue weighted by atomic mass is 15.5. The second-order valence-electron chi connectivity index (χ2n) is 2.86. The van der Waals surface area contributed by atoms with Crippen LogP contribution in [-0.4, -0.2) is 24.9 Å². The molecule has 0 fully saturated rings. The predicted octanol–water partition coefficient (Wildman–Crippen LogP) is -0.0447. The van der Waals surface area contributed by atoms with Gasteiger partial charge in [0.05, 0.1) is 0 Å². The van der Waals surface area contributed by atoms with Crippen LogP contribution in [0.15, 0.2) is 29.4 Å². The monoisotopic (exact) mass is 193 g/mol. The summed E-state index contributed by atoms with van der Waals surface area (Å²) < 4.78 is 0. The molecular weight excluding hydrogens is 178 g/mol. The lowest BCUT2D eigenvalue weighted by Gasteiger charge is -2.18. The van der Waals surface area contributed by atoms with Crippen LogP contribution < -0.4 is 17.0 Å². The molecule has 1 rings (SSSR count). The number of nitrogens with one attached hydrogen (secondary N) is 1. The second-order valence-corrected chi connectivity index (χ2v) is 2.86. The molecule has 0 aliphatic carbocycles. The van der Waals surface area contributed by atoms with Gasteiger partial charge < -0.3 is 11.6 Å². The fourth-order valence-electron chi connectivity index (χ4n) is 1.09.